The summed E-state index contributed by atoms with van der Waals surface area (Å²) in [5.41, 5.74) is 2.19. The van der Waals surface area contributed by atoms with Crippen LogP contribution in [0.5, 0.6) is 0 Å². The van der Waals surface area contributed by atoms with Crippen molar-refractivity contribution in [2.45, 2.75) is 26.8 Å². The Kier molecular flexibility index (Phi) is 5.20. The summed E-state index contributed by atoms with van der Waals surface area (Å²) in [5.74, 6) is 0.420. The average Bonchev–Trinajstić information content (AvgIpc) is 2.52. The monoisotopic (exact) mass is 285 g/mol. The second-order valence-corrected chi connectivity index (χ2v) is 4.66. The van der Waals surface area contributed by atoms with Gasteiger partial charge < -0.3 is 10.6 Å². The Hall–Kier alpha value is -2.50. The quantitative estimate of drug-likeness (QED) is 0.847. The lowest BCUT2D eigenvalue weighted by Gasteiger charge is -2.07. The molecule has 6 nitrogen and oxygen atoms in total. The highest BCUT2D eigenvalue weighted by Gasteiger charge is 2.08. The number of hydrogen-bond acceptors (Lipinski definition) is 5. The van der Waals surface area contributed by atoms with Gasteiger partial charge in [0.15, 0.2) is 0 Å². The molecule has 21 heavy (non-hydrogen) atoms. The molecule has 0 radical (unpaired) electrons. The zero-order chi connectivity index (χ0) is 15.1. The number of hydrogen-bond donors (Lipinski definition) is 2. The smallest absolute Gasteiger partial charge is 0.271 e. The number of rotatable bonds is 6. The maximum Gasteiger partial charge on any atom is 0.271 e. The average molecular weight is 285 g/mol. The molecule has 2 N–H and O–H groups in total. The lowest BCUT2D eigenvalue weighted by molar-refractivity contribution is 0.0945. The number of carbonyl (C=O) groups is 1. The van der Waals surface area contributed by atoms with Crippen molar-refractivity contribution in [1.29, 1.82) is 0 Å². The number of anilines is 1. The predicted molar refractivity (Wildman–Crippen MR) is 81.0 cm³/mol. The number of aryl methyl sites for hydroxylation is 1. The zero-order valence-electron chi connectivity index (χ0n) is 12.3. The molecule has 0 aliphatic rings. The lowest BCUT2D eigenvalue weighted by atomic mass is 10.2. The number of amides is 1. The van der Waals surface area contributed by atoms with Crippen molar-refractivity contribution in [3.8, 4) is 0 Å². The molecular formula is C15H19N5O. The van der Waals surface area contributed by atoms with Crippen LogP contribution in [0.3, 0.4) is 0 Å². The number of aromatic nitrogens is 3. The summed E-state index contributed by atoms with van der Waals surface area (Å²) in [4.78, 5) is 24.5. The third kappa shape index (κ3) is 4.24. The Morgan fingerprint density at radius 1 is 1.24 bits per heavy atom. The molecule has 0 unspecified atom stereocenters. The summed E-state index contributed by atoms with van der Waals surface area (Å²) in [6.45, 7) is 5.24. The van der Waals surface area contributed by atoms with Gasteiger partial charge in [0, 0.05) is 12.7 Å². The molecule has 2 aromatic heterocycles. The highest BCUT2D eigenvalue weighted by molar-refractivity contribution is 5.91. The third-order valence-corrected chi connectivity index (χ3v) is 2.97. The molecule has 0 aromatic carbocycles. The molecule has 0 saturated carbocycles. The first-order valence-corrected chi connectivity index (χ1v) is 6.95. The Morgan fingerprint density at radius 2 is 2.10 bits per heavy atom. The minimum absolute atomic E-state index is 0.255. The van der Waals surface area contributed by atoms with Gasteiger partial charge in [-0.15, -0.1) is 0 Å². The van der Waals surface area contributed by atoms with Gasteiger partial charge >= 0.3 is 0 Å². The highest BCUT2D eigenvalue weighted by atomic mass is 16.1. The van der Waals surface area contributed by atoms with E-state index in [1.807, 2.05) is 19.1 Å². The number of pyridine rings is 1. The van der Waals surface area contributed by atoms with Crippen LogP contribution in [-0.2, 0) is 6.54 Å². The van der Waals surface area contributed by atoms with E-state index in [1.54, 1.807) is 12.4 Å². The van der Waals surface area contributed by atoms with Crippen LogP contribution in [0.25, 0.3) is 0 Å². The van der Waals surface area contributed by atoms with E-state index in [0.29, 0.717) is 18.1 Å². The molecule has 0 aliphatic carbocycles. The van der Waals surface area contributed by atoms with Crippen LogP contribution in [-0.4, -0.2) is 27.4 Å². The fraction of sp³-hybridized carbons (Fsp3) is 0.333. The van der Waals surface area contributed by atoms with E-state index < -0.39 is 0 Å². The molecule has 2 heterocycles. The van der Waals surface area contributed by atoms with Gasteiger partial charge in [-0.1, -0.05) is 13.0 Å². The van der Waals surface area contributed by atoms with E-state index in [9.17, 15) is 4.79 Å². The van der Waals surface area contributed by atoms with Gasteiger partial charge in [-0.05, 0) is 25.0 Å². The summed E-state index contributed by atoms with van der Waals surface area (Å²) in [5, 5.41) is 5.90. The minimum atomic E-state index is -0.255. The van der Waals surface area contributed by atoms with Gasteiger partial charge in [0.25, 0.3) is 5.91 Å². The molecule has 0 bridgehead atoms. The molecule has 0 saturated heterocycles. The summed E-state index contributed by atoms with van der Waals surface area (Å²) in [6.07, 6.45) is 5.75. The van der Waals surface area contributed by atoms with Crippen LogP contribution in [0, 0.1) is 6.92 Å². The second kappa shape index (κ2) is 7.33. The third-order valence-electron chi connectivity index (χ3n) is 2.97. The van der Waals surface area contributed by atoms with Gasteiger partial charge in [0.1, 0.15) is 11.5 Å². The van der Waals surface area contributed by atoms with Crippen molar-refractivity contribution in [2.75, 3.05) is 11.9 Å². The van der Waals surface area contributed by atoms with Crippen LogP contribution in [0.15, 0.2) is 30.7 Å². The Labute approximate surface area is 124 Å². The first kappa shape index (κ1) is 14.9. The molecule has 2 rings (SSSR count). The van der Waals surface area contributed by atoms with Crippen molar-refractivity contribution >= 4 is 11.7 Å². The van der Waals surface area contributed by atoms with Crippen molar-refractivity contribution in [3.05, 3.63) is 47.7 Å². The first-order valence-electron chi connectivity index (χ1n) is 6.95. The zero-order valence-corrected chi connectivity index (χ0v) is 12.3. The fourth-order valence-electron chi connectivity index (χ4n) is 1.75. The first-order chi connectivity index (χ1) is 10.2. The maximum atomic E-state index is 12.0. The molecule has 0 aliphatic heterocycles. The van der Waals surface area contributed by atoms with E-state index in [1.165, 1.54) is 6.20 Å². The van der Waals surface area contributed by atoms with Gasteiger partial charge in [-0.2, -0.15) is 0 Å². The molecule has 0 spiro atoms. The van der Waals surface area contributed by atoms with Crippen molar-refractivity contribution in [1.82, 2.24) is 20.3 Å². The van der Waals surface area contributed by atoms with E-state index in [0.717, 1.165) is 24.2 Å². The number of nitrogens with one attached hydrogen (secondary N) is 2. The summed E-state index contributed by atoms with van der Waals surface area (Å²) >= 11 is 0. The summed E-state index contributed by atoms with van der Waals surface area (Å²) in [6, 6.07) is 3.83. The normalized spacial score (nSPS) is 10.2. The van der Waals surface area contributed by atoms with E-state index in [-0.39, 0.29) is 5.91 Å². The van der Waals surface area contributed by atoms with Gasteiger partial charge in [0.2, 0.25) is 0 Å². The Morgan fingerprint density at radius 3 is 2.76 bits per heavy atom. The van der Waals surface area contributed by atoms with E-state index in [2.05, 4.69) is 32.5 Å². The summed E-state index contributed by atoms with van der Waals surface area (Å²) in [7, 11) is 0. The molecular weight excluding hydrogens is 266 g/mol. The number of carbonyl (C=O) groups excluding carboxylic acids is 1. The Bertz CT molecular complexity index is 597. The van der Waals surface area contributed by atoms with Gasteiger partial charge in [-0.25, -0.2) is 9.97 Å². The topological polar surface area (TPSA) is 79.8 Å². The van der Waals surface area contributed by atoms with Crippen molar-refractivity contribution in [2.24, 2.45) is 0 Å². The fourth-order valence-corrected chi connectivity index (χ4v) is 1.75. The predicted octanol–water partition coefficient (Wildman–Crippen LogP) is 1.93. The van der Waals surface area contributed by atoms with Crippen LogP contribution in [0.1, 0.15) is 35.1 Å². The van der Waals surface area contributed by atoms with Gasteiger partial charge in [0.05, 0.1) is 24.6 Å². The number of nitrogens with zero attached hydrogens (tertiary/aromatic N) is 3. The molecule has 0 fully saturated rings. The molecule has 1 amide bonds. The van der Waals surface area contributed by atoms with E-state index in [4.69, 9.17) is 0 Å². The van der Waals surface area contributed by atoms with Crippen molar-refractivity contribution < 1.29 is 4.79 Å². The van der Waals surface area contributed by atoms with Crippen LogP contribution < -0.4 is 10.6 Å². The van der Waals surface area contributed by atoms with Crippen LogP contribution in [0.4, 0.5) is 5.82 Å². The lowest BCUT2D eigenvalue weighted by Crippen LogP contribution is -2.25. The largest absolute Gasteiger partial charge is 0.369 e. The minimum Gasteiger partial charge on any atom is -0.369 e. The standard InChI is InChI=1S/C15H19N5O/c1-3-6-17-14-10-18-13(9-19-14)15(21)20-8-12-11(2)5-4-7-16-12/h4-5,7,9-10H,3,6,8H2,1-2H3,(H,17,19)(H,20,21). The SMILES string of the molecule is CCCNc1cnc(C(=O)NCc2ncccc2C)cn1. The maximum absolute atomic E-state index is 12.0. The molecule has 2 aromatic rings. The molecule has 110 valence electrons. The van der Waals surface area contributed by atoms with Crippen LogP contribution >= 0.6 is 0 Å². The van der Waals surface area contributed by atoms with Crippen LogP contribution in [0.2, 0.25) is 0 Å². The highest BCUT2D eigenvalue weighted by Crippen LogP contribution is 2.04. The van der Waals surface area contributed by atoms with Crippen molar-refractivity contribution in [3.63, 3.8) is 0 Å². The van der Waals surface area contributed by atoms with Gasteiger partial charge in [-0.3, -0.25) is 9.78 Å². The van der Waals surface area contributed by atoms with E-state index >= 15 is 0 Å². The molecule has 6 heteroatoms. The molecule has 0 atom stereocenters. The summed E-state index contributed by atoms with van der Waals surface area (Å²) < 4.78 is 0. The second-order valence-electron chi connectivity index (χ2n) is 4.66. The Balaban J connectivity index is 1.93.